The first-order valence-corrected chi connectivity index (χ1v) is 16.6. The molecule has 238 valence electrons. The number of benzene rings is 1. The quantitative estimate of drug-likeness (QED) is 0.435. The number of esters is 1. The highest BCUT2D eigenvalue weighted by molar-refractivity contribution is 5.92. The topological polar surface area (TPSA) is 109 Å². The molecule has 10 nitrogen and oxygen atoms in total. The number of likely N-dealkylation sites (N-methyl/N-ethyl adjacent to an activating group) is 1. The van der Waals surface area contributed by atoms with Gasteiger partial charge in [0.25, 0.3) is 0 Å². The lowest BCUT2D eigenvalue weighted by Crippen LogP contribution is -2.63. The molecule has 0 aromatic heterocycles. The summed E-state index contributed by atoms with van der Waals surface area (Å²) in [7, 11) is 3.87. The van der Waals surface area contributed by atoms with Crippen molar-refractivity contribution in [3.63, 3.8) is 0 Å². The molecule has 0 unspecified atom stereocenters. The van der Waals surface area contributed by atoms with Crippen molar-refractivity contribution >= 4 is 17.8 Å². The number of allylic oxidation sites excluding steroid dienone is 1. The zero-order valence-electron chi connectivity index (χ0n) is 26.4. The van der Waals surface area contributed by atoms with Gasteiger partial charge in [-0.05, 0) is 101 Å². The van der Waals surface area contributed by atoms with Crippen LogP contribution in [-0.2, 0) is 31.0 Å². The van der Waals surface area contributed by atoms with Crippen LogP contribution in [0.25, 0.3) is 0 Å². The molecule has 2 aliphatic carbocycles. The second-order valence-corrected chi connectivity index (χ2v) is 14.1. The van der Waals surface area contributed by atoms with Crippen molar-refractivity contribution in [1.82, 2.24) is 20.4 Å². The highest BCUT2D eigenvalue weighted by Gasteiger charge is 2.65. The number of nitrogens with one attached hydrogen (secondary N) is 2. The van der Waals surface area contributed by atoms with Crippen LogP contribution < -0.4 is 20.1 Å². The van der Waals surface area contributed by atoms with E-state index in [0.717, 1.165) is 57.4 Å². The number of methoxy groups -OCH3 is 1. The number of carbonyl (C=O) groups is 3. The summed E-state index contributed by atoms with van der Waals surface area (Å²) >= 11 is 0. The number of rotatable bonds is 8. The van der Waals surface area contributed by atoms with Crippen LogP contribution in [0.5, 0.6) is 11.5 Å². The van der Waals surface area contributed by atoms with Crippen molar-refractivity contribution in [2.75, 3.05) is 33.8 Å². The van der Waals surface area contributed by atoms with Crippen molar-refractivity contribution in [3.05, 3.63) is 35.1 Å². The van der Waals surface area contributed by atoms with E-state index in [1.807, 2.05) is 26.0 Å². The van der Waals surface area contributed by atoms with Crippen LogP contribution in [0.2, 0.25) is 0 Å². The fourth-order valence-corrected chi connectivity index (χ4v) is 9.10. The van der Waals surface area contributed by atoms with Gasteiger partial charge in [0.15, 0.2) is 17.6 Å². The first kappa shape index (κ1) is 29.6. The molecule has 2 bridgehead atoms. The van der Waals surface area contributed by atoms with Crippen molar-refractivity contribution in [1.29, 1.82) is 0 Å². The Hall–Kier alpha value is -3.11. The minimum absolute atomic E-state index is 0.0130. The summed E-state index contributed by atoms with van der Waals surface area (Å²) < 4.78 is 18.7. The zero-order valence-corrected chi connectivity index (χ0v) is 26.4. The predicted octanol–water partition coefficient (Wildman–Crippen LogP) is 2.68. The molecule has 2 N–H and O–H groups in total. The fourth-order valence-electron chi connectivity index (χ4n) is 9.10. The normalized spacial score (nSPS) is 32.5. The molecular weight excluding hydrogens is 560 g/mol. The largest absolute Gasteiger partial charge is 0.493 e. The number of ether oxygens (including phenoxy) is 3. The van der Waals surface area contributed by atoms with E-state index in [1.165, 1.54) is 11.1 Å². The van der Waals surface area contributed by atoms with Crippen LogP contribution in [0.15, 0.2) is 24.0 Å². The molecule has 0 radical (unpaired) electrons. The minimum atomic E-state index is -0.828. The summed E-state index contributed by atoms with van der Waals surface area (Å²) in [5.74, 6) is 1.75. The molecule has 0 saturated carbocycles. The van der Waals surface area contributed by atoms with Gasteiger partial charge in [-0.3, -0.25) is 9.59 Å². The molecule has 3 saturated heterocycles. The van der Waals surface area contributed by atoms with E-state index in [4.69, 9.17) is 14.2 Å². The molecule has 44 heavy (non-hydrogen) atoms. The van der Waals surface area contributed by atoms with E-state index in [-0.39, 0.29) is 29.2 Å². The average Bonchev–Trinajstić information content (AvgIpc) is 3.78. The van der Waals surface area contributed by atoms with Gasteiger partial charge < -0.3 is 34.6 Å². The number of amides is 2. The van der Waals surface area contributed by atoms with Crippen LogP contribution in [0, 0.1) is 11.8 Å². The van der Waals surface area contributed by atoms with Crippen LogP contribution in [0.3, 0.4) is 0 Å². The fraction of sp³-hybridized carbons (Fsp3) is 0.676. The summed E-state index contributed by atoms with van der Waals surface area (Å²) in [4.78, 5) is 44.9. The first-order chi connectivity index (χ1) is 21.2. The minimum Gasteiger partial charge on any atom is -0.493 e. The van der Waals surface area contributed by atoms with Crippen molar-refractivity contribution in [3.8, 4) is 11.5 Å². The van der Waals surface area contributed by atoms with E-state index < -0.39 is 24.2 Å². The Morgan fingerprint density at radius 1 is 1.18 bits per heavy atom. The van der Waals surface area contributed by atoms with Gasteiger partial charge in [-0.25, -0.2) is 4.79 Å². The Bertz CT molecular complexity index is 1370. The molecular formula is C34H46N4O6. The van der Waals surface area contributed by atoms with Gasteiger partial charge >= 0.3 is 5.97 Å². The summed E-state index contributed by atoms with van der Waals surface area (Å²) in [6.45, 7) is 6.38. The van der Waals surface area contributed by atoms with Gasteiger partial charge in [0.05, 0.1) is 13.2 Å². The number of likely N-dealkylation sites (tertiary alicyclic amines) is 2. The Kier molecular flexibility index (Phi) is 7.64. The molecule has 6 aliphatic rings. The van der Waals surface area contributed by atoms with Gasteiger partial charge in [-0.2, -0.15) is 0 Å². The van der Waals surface area contributed by atoms with Crippen LogP contribution in [0.1, 0.15) is 69.9 Å². The molecule has 1 spiro atoms. The third kappa shape index (κ3) is 4.62. The van der Waals surface area contributed by atoms with Gasteiger partial charge in [-0.15, -0.1) is 0 Å². The van der Waals surface area contributed by atoms with Gasteiger partial charge in [0.2, 0.25) is 11.8 Å². The standard InChI is InChI=1S/C34H46N4O6/c1-19(2)17-23(36-31(39)24-8-6-15-38(24)32(40)22-7-5-14-35-22)33(41)43-27-12-10-21-25-18-20-9-11-26(42-4)29-28(20)34(21,30(27)44-29)13-16-37(25)3/h9,11-12,19,21-25,30,35H,5-8,10,13-18H2,1-4H3,(H,36,39)/t21-,22-,23-,24-,25+,30-,34-/m0/s1. The number of hydrogen-bond donors (Lipinski definition) is 2. The molecule has 7 atom stereocenters. The second kappa shape index (κ2) is 11.4. The van der Waals surface area contributed by atoms with Gasteiger partial charge in [0, 0.05) is 23.6 Å². The van der Waals surface area contributed by atoms with E-state index in [9.17, 15) is 14.4 Å². The maximum absolute atomic E-state index is 13.9. The third-order valence-electron chi connectivity index (χ3n) is 11.2. The van der Waals surface area contributed by atoms with Gasteiger partial charge in [-0.1, -0.05) is 19.9 Å². The third-order valence-corrected chi connectivity index (χ3v) is 11.2. The maximum Gasteiger partial charge on any atom is 0.333 e. The summed E-state index contributed by atoms with van der Waals surface area (Å²) in [5.41, 5.74) is 2.24. The lowest BCUT2D eigenvalue weighted by Gasteiger charge is -2.56. The van der Waals surface area contributed by atoms with Crippen molar-refractivity contribution < 1.29 is 28.6 Å². The van der Waals surface area contributed by atoms with Crippen LogP contribution in [-0.4, -0.2) is 91.6 Å². The molecule has 1 aromatic carbocycles. The first-order valence-electron chi connectivity index (χ1n) is 16.6. The lowest BCUT2D eigenvalue weighted by molar-refractivity contribution is -0.148. The lowest BCUT2D eigenvalue weighted by atomic mass is 9.53. The second-order valence-electron chi connectivity index (χ2n) is 14.1. The van der Waals surface area contributed by atoms with Crippen molar-refractivity contribution in [2.45, 2.75) is 101 Å². The Balaban J connectivity index is 1.12. The number of nitrogens with zero attached hydrogens (tertiary/aromatic N) is 2. The number of carbonyl (C=O) groups excluding carboxylic acids is 3. The van der Waals surface area contributed by atoms with E-state index >= 15 is 0 Å². The molecule has 4 heterocycles. The summed E-state index contributed by atoms with van der Waals surface area (Å²) in [5, 5.41) is 6.26. The SMILES string of the molecule is COc1ccc2c3c1O[C@H]1C(OC(=O)[C@H](CC(C)C)NC(=O)[C@@H]4CCCN4C(=O)[C@@H]4CCCN4)=CC[C@H]4[C@@H](C2)N(C)CC[C@]314. The average molecular weight is 607 g/mol. The number of hydrogen-bond acceptors (Lipinski definition) is 8. The van der Waals surface area contributed by atoms with Gasteiger partial charge in [0.1, 0.15) is 17.8 Å². The van der Waals surface area contributed by atoms with Crippen LogP contribution in [0.4, 0.5) is 0 Å². The van der Waals surface area contributed by atoms with Crippen molar-refractivity contribution in [2.24, 2.45) is 11.8 Å². The molecule has 2 amide bonds. The van der Waals surface area contributed by atoms with E-state index in [1.54, 1.807) is 12.0 Å². The Labute approximate surface area is 259 Å². The van der Waals surface area contributed by atoms with E-state index in [0.29, 0.717) is 42.9 Å². The Morgan fingerprint density at radius 3 is 2.77 bits per heavy atom. The number of piperidine rings is 1. The predicted molar refractivity (Wildman–Crippen MR) is 163 cm³/mol. The summed E-state index contributed by atoms with van der Waals surface area (Å²) in [6.07, 6.45) is 7.84. The highest BCUT2D eigenvalue weighted by atomic mass is 16.6. The van der Waals surface area contributed by atoms with Crippen LogP contribution >= 0.6 is 0 Å². The van der Waals surface area contributed by atoms with E-state index in [2.05, 4.69) is 28.6 Å². The molecule has 1 aromatic rings. The monoisotopic (exact) mass is 606 g/mol. The zero-order chi connectivity index (χ0) is 30.7. The highest BCUT2D eigenvalue weighted by Crippen LogP contribution is 2.63. The smallest absolute Gasteiger partial charge is 0.333 e. The molecule has 10 heteroatoms. The maximum atomic E-state index is 13.9. The Morgan fingerprint density at radius 2 is 2.02 bits per heavy atom. The molecule has 4 aliphatic heterocycles. The molecule has 7 rings (SSSR count). The summed E-state index contributed by atoms with van der Waals surface area (Å²) in [6, 6.07) is 2.92. The molecule has 3 fully saturated rings.